The van der Waals surface area contributed by atoms with E-state index >= 15 is 0 Å². The number of Topliss-reactive ketones (excluding diaryl/α,β-unsaturated/α-hetero) is 1. The summed E-state index contributed by atoms with van der Waals surface area (Å²) in [5, 5.41) is 0.591. The lowest BCUT2D eigenvalue weighted by molar-refractivity contribution is 0.0992. The molecule has 0 saturated heterocycles. The van der Waals surface area contributed by atoms with Crippen LogP contribution in [0.25, 0.3) is 0 Å². The van der Waals surface area contributed by atoms with Crippen LogP contribution in [0.3, 0.4) is 0 Å². The summed E-state index contributed by atoms with van der Waals surface area (Å²) in [4.78, 5) is 14.3. The van der Waals surface area contributed by atoms with Crippen molar-refractivity contribution in [2.45, 2.75) is 31.1 Å². The number of nitrogens with two attached hydrogens (primary N) is 1. The molecule has 0 aromatic carbocycles. The summed E-state index contributed by atoms with van der Waals surface area (Å²) < 4.78 is 24.0. The fourth-order valence-corrected chi connectivity index (χ4v) is 4.88. The van der Waals surface area contributed by atoms with E-state index < -0.39 is 9.84 Å². The minimum atomic E-state index is -3.45. The van der Waals surface area contributed by atoms with E-state index in [4.69, 9.17) is 5.73 Å². The Morgan fingerprint density at radius 1 is 1.45 bits per heavy atom. The average Bonchev–Trinajstić information content (AvgIpc) is 3.07. The summed E-state index contributed by atoms with van der Waals surface area (Å²) in [6.45, 7) is 2.55. The number of carbonyl (C=O) groups is 1. The monoisotopic (exact) mass is 316 g/mol. The molecule has 0 amide bonds. The topological polar surface area (TPSA) is 80.5 Å². The number of ketones is 1. The fourth-order valence-electron chi connectivity index (χ4n) is 2.16. The Balaban J connectivity index is 2.50. The van der Waals surface area contributed by atoms with Gasteiger partial charge in [0.25, 0.3) is 0 Å². The molecule has 1 aliphatic carbocycles. The van der Waals surface area contributed by atoms with E-state index in [2.05, 4.69) is 0 Å². The van der Waals surface area contributed by atoms with Crippen LogP contribution in [0.1, 0.15) is 35.9 Å². The molecule has 20 heavy (non-hydrogen) atoms. The van der Waals surface area contributed by atoms with Crippen LogP contribution in [-0.4, -0.2) is 34.0 Å². The lowest BCUT2D eigenvalue weighted by atomic mass is 10.2. The fraction of sp³-hybridized carbons (Fsp3) is 0.615. The Hall–Kier alpha value is -1.08. The molecule has 0 radical (unpaired) electrons. The minimum absolute atomic E-state index is 0.108. The summed E-state index contributed by atoms with van der Waals surface area (Å²) >= 11 is 1.20. The van der Waals surface area contributed by atoms with Gasteiger partial charge in [0.05, 0.1) is 10.6 Å². The van der Waals surface area contributed by atoms with Gasteiger partial charge >= 0.3 is 0 Å². The summed E-state index contributed by atoms with van der Waals surface area (Å²) in [5.41, 5.74) is 6.05. The molecule has 0 unspecified atom stereocenters. The molecule has 7 heteroatoms. The molecular weight excluding hydrogens is 296 g/mol. The quantitative estimate of drug-likeness (QED) is 0.814. The third-order valence-corrected chi connectivity index (χ3v) is 6.05. The number of anilines is 2. The lowest BCUT2D eigenvalue weighted by Crippen LogP contribution is -2.20. The number of sulfone groups is 1. The van der Waals surface area contributed by atoms with Gasteiger partial charge in [-0.25, -0.2) is 8.42 Å². The van der Waals surface area contributed by atoms with Crippen molar-refractivity contribution in [1.82, 2.24) is 0 Å². The van der Waals surface area contributed by atoms with Gasteiger partial charge in [-0.2, -0.15) is 0 Å². The van der Waals surface area contributed by atoms with Crippen LogP contribution in [0.15, 0.2) is 4.90 Å². The minimum Gasteiger partial charge on any atom is -0.396 e. The van der Waals surface area contributed by atoms with Gasteiger partial charge in [0.2, 0.25) is 0 Å². The highest BCUT2D eigenvalue weighted by Gasteiger charge is 2.30. The SMILES string of the molecule is CCC(=O)c1sc(N(C)CC2CC2)c(S(C)(=O)=O)c1N. The second kappa shape index (κ2) is 5.37. The van der Waals surface area contributed by atoms with Crippen molar-refractivity contribution < 1.29 is 13.2 Å². The van der Waals surface area contributed by atoms with Crippen molar-refractivity contribution in [1.29, 1.82) is 0 Å². The summed E-state index contributed by atoms with van der Waals surface area (Å²) in [5.74, 6) is 0.518. The van der Waals surface area contributed by atoms with Crippen molar-refractivity contribution >= 4 is 37.6 Å². The molecule has 0 spiro atoms. The predicted molar refractivity (Wildman–Crippen MR) is 82.5 cm³/mol. The van der Waals surface area contributed by atoms with Crippen molar-refractivity contribution in [2.24, 2.45) is 5.92 Å². The van der Waals surface area contributed by atoms with E-state index in [1.165, 1.54) is 24.2 Å². The van der Waals surface area contributed by atoms with E-state index in [9.17, 15) is 13.2 Å². The molecule has 112 valence electrons. The van der Waals surface area contributed by atoms with Gasteiger partial charge in [-0.1, -0.05) is 6.92 Å². The molecule has 1 fully saturated rings. The normalized spacial score (nSPS) is 15.3. The first-order valence-electron chi connectivity index (χ1n) is 6.62. The predicted octanol–water partition coefficient (Wildman–Crippen LogP) is 2.17. The van der Waals surface area contributed by atoms with E-state index in [1.807, 2.05) is 11.9 Å². The van der Waals surface area contributed by atoms with E-state index in [0.717, 1.165) is 12.8 Å². The summed E-state index contributed by atoms with van der Waals surface area (Å²) in [7, 11) is -1.59. The number of hydrogen-bond acceptors (Lipinski definition) is 6. The van der Waals surface area contributed by atoms with Crippen molar-refractivity contribution in [3.8, 4) is 0 Å². The van der Waals surface area contributed by atoms with Crippen molar-refractivity contribution in [3.63, 3.8) is 0 Å². The Bertz CT molecular complexity index is 630. The van der Waals surface area contributed by atoms with Crippen LogP contribution in [0, 0.1) is 5.92 Å². The number of thiophene rings is 1. The van der Waals surface area contributed by atoms with Crippen molar-refractivity contribution in [2.75, 3.05) is 30.5 Å². The average molecular weight is 316 g/mol. The number of nitrogens with zero attached hydrogens (tertiary/aromatic N) is 1. The van der Waals surface area contributed by atoms with Crippen molar-refractivity contribution in [3.05, 3.63) is 4.88 Å². The first kappa shape index (κ1) is 15.3. The highest BCUT2D eigenvalue weighted by molar-refractivity contribution is 7.91. The first-order valence-corrected chi connectivity index (χ1v) is 9.33. The molecule has 2 rings (SSSR count). The van der Waals surface area contributed by atoms with Gasteiger partial charge in [0.1, 0.15) is 9.90 Å². The van der Waals surface area contributed by atoms with Gasteiger partial charge in [-0.3, -0.25) is 4.79 Å². The van der Waals surface area contributed by atoms with Gasteiger partial charge in [-0.15, -0.1) is 11.3 Å². The zero-order valence-corrected chi connectivity index (χ0v) is 13.6. The van der Waals surface area contributed by atoms with Gasteiger partial charge in [0.15, 0.2) is 15.6 Å². The molecule has 2 N–H and O–H groups in total. The number of carbonyl (C=O) groups excluding carboxylic acids is 1. The standard InChI is InChI=1S/C13H20N2O3S2/c1-4-9(16)11-10(14)12(20(3,17)18)13(19-11)15(2)7-8-5-6-8/h8H,4-7,14H2,1-3H3. The van der Waals surface area contributed by atoms with E-state index in [-0.39, 0.29) is 16.4 Å². The van der Waals surface area contributed by atoms with Crippen LogP contribution < -0.4 is 10.6 Å². The molecule has 1 aliphatic rings. The van der Waals surface area contributed by atoms with Gasteiger partial charge < -0.3 is 10.6 Å². The van der Waals surface area contributed by atoms with Gasteiger partial charge in [-0.05, 0) is 18.8 Å². The Morgan fingerprint density at radius 2 is 2.05 bits per heavy atom. The zero-order chi connectivity index (χ0) is 15.1. The van der Waals surface area contributed by atoms with Crippen LogP contribution in [0.5, 0.6) is 0 Å². The smallest absolute Gasteiger partial charge is 0.180 e. The molecule has 1 saturated carbocycles. The second-order valence-corrected chi connectivity index (χ2v) is 8.30. The molecule has 1 aromatic heterocycles. The highest BCUT2D eigenvalue weighted by Crippen LogP contribution is 2.43. The molecule has 5 nitrogen and oxygen atoms in total. The van der Waals surface area contributed by atoms with Gasteiger partial charge in [0, 0.05) is 26.3 Å². The molecule has 0 atom stereocenters. The maximum absolute atomic E-state index is 12.0. The number of nitrogen functional groups attached to an aromatic ring is 1. The Labute approximate surface area is 123 Å². The van der Waals surface area contributed by atoms with Crippen LogP contribution in [-0.2, 0) is 9.84 Å². The third-order valence-electron chi connectivity index (χ3n) is 3.40. The van der Waals surface area contributed by atoms with E-state index in [1.54, 1.807) is 6.92 Å². The summed E-state index contributed by atoms with van der Waals surface area (Å²) in [6, 6.07) is 0. The molecular formula is C13H20N2O3S2. The number of rotatable bonds is 6. The number of hydrogen-bond donors (Lipinski definition) is 1. The molecule has 0 bridgehead atoms. The largest absolute Gasteiger partial charge is 0.396 e. The maximum atomic E-state index is 12.0. The first-order chi connectivity index (χ1) is 9.25. The second-order valence-electron chi connectivity index (χ2n) is 5.35. The molecule has 1 aromatic rings. The van der Waals surface area contributed by atoms with Crippen LogP contribution >= 0.6 is 11.3 Å². The lowest BCUT2D eigenvalue weighted by Gasteiger charge is -2.18. The van der Waals surface area contributed by atoms with Crippen LogP contribution in [0.4, 0.5) is 10.7 Å². The third kappa shape index (κ3) is 2.98. The van der Waals surface area contributed by atoms with E-state index in [0.29, 0.717) is 22.2 Å². The molecule has 1 heterocycles. The zero-order valence-electron chi connectivity index (χ0n) is 12.0. The maximum Gasteiger partial charge on any atom is 0.180 e. The summed E-state index contributed by atoms with van der Waals surface area (Å²) in [6.07, 6.45) is 3.82. The Morgan fingerprint density at radius 3 is 2.50 bits per heavy atom. The highest BCUT2D eigenvalue weighted by atomic mass is 32.2. The Kier molecular flexibility index (Phi) is 4.11. The molecule has 0 aliphatic heterocycles. The van der Waals surface area contributed by atoms with Crippen LogP contribution in [0.2, 0.25) is 0 Å².